The monoisotopic (exact) mass is 226 g/mol. The molecule has 0 saturated carbocycles. The van der Waals surface area contributed by atoms with Crippen molar-refractivity contribution in [3.05, 3.63) is 0 Å². The fourth-order valence-corrected chi connectivity index (χ4v) is 2.28. The molecule has 3 heteroatoms. The molecule has 1 saturated heterocycles. The van der Waals surface area contributed by atoms with Crippen LogP contribution in [0.3, 0.4) is 0 Å². The summed E-state index contributed by atoms with van der Waals surface area (Å²) in [6.45, 7) is 8.26. The van der Waals surface area contributed by atoms with E-state index in [0.717, 1.165) is 32.6 Å². The van der Waals surface area contributed by atoms with Crippen molar-refractivity contribution in [2.24, 2.45) is 5.92 Å². The largest absolute Gasteiger partial charge is 0.342 e. The van der Waals surface area contributed by atoms with Gasteiger partial charge in [-0.3, -0.25) is 4.79 Å². The molecule has 16 heavy (non-hydrogen) atoms. The van der Waals surface area contributed by atoms with E-state index in [-0.39, 0.29) is 0 Å². The van der Waals surface area contributed by atoms with Crippen LogP contribution < -0.4 is 5.32 Å². The van der Waals surface area contributed by atoms with E-state index in [2.05, 4.69) is 24.1 Å². The number of hydrogen-bond acceptors (Lipinski definition) is 2. The standard InChI is InChI=1S/C13H26N2O/c1-3-5-6-7-8-15-11-12(9-13(15)16)10-14-4-2/h12,14H,3-11H2,1-2H3. The third kappa shape index (κ3) is 4.52. The molecule has 1 heterocycles. The molecule has 1 rings (SSSR count). The van der Waals surface area contributed by atoms with E-state index in [4.69, 9.17) is 0 Å². The Morgan fingerprint density at radius 2 is 2.12 bits per heavy atom. The van der Waals surface area contributed by atoms with Crippen molar-refractivity contribution in [1.82, 2.24) is 10.2 Å². The first-order valence-electron chi connectivity index (χ1n) is 6.76. The fraction of sp³-hybridized carbons (Fsp3) is 0.923. The van der Waals surface area contributed by atoms with Crippen molar-refractivity contribution >= 4 is 5.91 Å². The van der Waals surface area contributed by atoms with E-state index in [1.165, 1.54) is 25.7 Å². The first-order valence-corrected chi connectivity index (χ1v) is 6.76. The first kappa shape index (κ1) is 13.5. The SMILES string of the molecule is CCCCCCN1CC(CNCC)CC1=O. The summed E-state index contributed by atoms with van der Waals surface area (Å²) in [5.74, 6) is 0.901. The van der Waals surface area contributed by atoms with Gasteiger partial charge in [-0.05, 0) is 18.9 Å². The zero-order valence-corrected chi connectivity index (χ0v) is 10.8. The molecule has 1 amide bonds. The highest BCUT2D eigenvalue weighted by Crippen LogP contribution is 2.17. The Hall–Kier alpha value is -0.570. The lowest BCUT2D eigenvalue weighted by atomic mass is 10.1. The zero-order valence-electron chi connectivity index (χ0n) is 10.8. The van der Waals surface area contributed by atoms with Crippen molar-refractivity contribution in [2.45, 2.75) is 46.0 Å². The number of rotatable bonds is 8. The van der Waals surface area contributed by atoms with Crippen molar-refractivity contribution < 1.29 is 4.79 Å². The molecule has 1 aliphatic heterocycles. The highest BCUT2D eigenvalue weighted by atomic mass is 16.2. The number of likely N-dealkylation sites (tertiary alicyclic amines) is 1. The number of carbonyl (C=O) groups excluding carboxylic acids is 1. The molecule has 1 N–H and O–H groups in total. The van der Waals surface area contributed by atoms with Crippen molar-refractivity contribution in [3.8, 4) is 0 Å². The minimum absolute atomic E-state index is 0.361. The molecule has 0 aromatic heterocycles. The second kappa shape index (κ2) is 7.66. The van der Waals surface area contributed by atoms with Gasteiger partial charge in [0.05, 0.1) is 0 Å². The van der Waals surface area contributed by atoms with Crippen LogP contribution in [0.4, 0.5) is 0 Å². The molecule has 1 aliphatic rings. The van der Waals surface area contributed by atoms with Gasteiger partial charge >= 0.3 is 0 Å². The predicted octanol–water partition coefficient (Wildman–Crippen LogP) is 2.02. The van der Waals surface area contributed by atoms with Gasteiger partial charge in [0.25, 0.3) is 0 Å². The summed E-state index contributed by atoms with van der Waals surface area (Å²) in [7, 11) is 0. The molecule has 0 aliphatic carbocycles. The van der Waals surface area contributed by atoms with Crippen molar-refractivity contribution in [3.63, 3.8) is 0 Å². The summed E-state index contributed by atoms with van der Waals surface area (Å²) in [5, 5.41) is 3.33. The average Bonchev–Trinajstić information content (AvgIpc) is 2.63. The van der Waals surface area contributed by atoms with Gasteiger partial charge in [-0.15, -0.1) is 0 Å². The molecule has 94 valence electrons. The van der Waals surface area contributed by atoms with Gasteiger partial charge in [-0.2, -0.15) is 0 Å². The van der Waals surface area contributed by atoms with Gasteiger partial charge in [0.1, 0.15) is 0 Å². The smallest absolute Gasteiger partial charge is 0.222 e. The van der Waals surface area contributed by atoms with E-state index in [9.17, 15) is 4.79 Å². The Kier molecular flexibility index (Phi) is 6.46. The average molecular weight is 226 g/mol. The van der Waals surface area contributed by atoms with Gasteiger partial charge in [0.2, 0.25) is 5.91 Å². The molecule has 0 aromatic rings. The Bertz CT molecular complexity index is 206. The highest BCUT2D eigenvalue weighted by molar-refractivity contribution is 5.78. The molecule has 1 unspecified atom stereocenters. The van der Waals surface area contributed by atoms with Crippen molar-refractivity contribution in [2.75, 3.05) is 26.2 Å². The molecule has 1 atom stereocenters. The summed E-state index contributed by atoms with van der Waals surface area (Å²) >= 11 is 0. The number of unbranched alkanes of at least 4 members (excludes halogenated alkanes) is 3. The molecular formula is C13H26N2O. The van der Waals surface area contributed by atoms with Crippen LogP contribution in [-0.4, -0.2) is 37.0 Å². The van der Waals surface area contributed by atoms with E-state index in [1.54, 1.807) is 0 Å². The van der Waals surface area contributed by atoms with Crippen LogP contribution in [0, 0.1) is 5.92 Å². The van der Waals surface area contributed by atoms with Gasteiger partial charge in [0.15, 0.2) is 0 Å². The van der Waals surface area contributed by atoms with Gasteiger partial charge in [-0.1, -0.05) is 33.1 Å². The first-order chi connectivity index (χ1) is 7.77. The second-order valence-corrected chi connectivity index (χ2v) is 4.78. The van der Waals surface area contributed by atoms with E-state index in [0.29, 0.717) is 11.8 Å². The minimum atomic E-state index is 0.361. The van der Waals surface area contributed by atoms with Gasteiger partial charge in [0, 0.05) is 26.1 Å². The quantitative estimate of drug-likeness (QED) is 0.642. The lowest BCUT2D eigenvalue weighted by Gasteiger charge is -2.16. The predicted molar refractivity (Wildman–Crippen MR) is 67.4 cm³/mol. The van der Waals surface area contributed by atoms with Crippen LogP contribution in [0.25, 0.3) is 0 Å². The second-order valence-electron chi connectivity index (χ2n) is 4.78. The number of nitrogens with zero attached hydrogens (tertiary/aromatic N) is 1. The summed E-state index contributed by atoms with van der Waals surface area (Å²) in [5.41, 5.74) is 0. The fourth-order valence-electron chi connectivity index (χ4n) is 2.28. The molecule has 1 fully saturated rings. The molecule has 0 radical (unpaired) electrons. The number of amides is 1. The van der Waals surface area contributed by atoms with Crippen LogP contribution in [-0.2, 0) is 4.79 Å². The number of nitrogens with one attached hydrogen (secondary N) is 1. The third-order valence-corrected chi connectivity index (χ3v) is 3.26. The molecule has 0 aromatic carbocycles. The van der Waals surface area contributed by atoms with E-state index >= 15 is 0 Å². The maximum Gasteiger partial charge on any atom is 0.222 e. The lowest BCUT2D eigenvalue weighted by molar-refractivity contribution is -0.127. The molecular weight excluding hydrogens is 200 g/mol. The topological polar surface area (TPSA) is 32.3 Å². The summed E-state index contributed by atoms with van der Waals surface area (Å²) < 4.78 is 0. The Balaban J connectivity index is 2.15. The Morgan fingerprint density at radius 1 is 1.31 bits per heavy atom. The van der Waals surface area contributed by atoms with Crippen LogP contribution in [0.2, 0.25) is 0 Å². The lowest BCUT2D eigenvalue weighted by Crippen LogP contribution is -2.28. The van der Waals surface area contributed by atoms with Crippen molar-refractivity contribution in [1.29, 1.82) is 0 Å². The molecule has 0 spiro atoms. The Labute approximate surface area is 99.6 Å². The minimum Gasteiger partial charge on any atom is -0.342 e. The summed E-state index contributed by atoms with van der Waals surface area (Å²) in [6.07, 6.45) is 5.74. The maximum atomic E-state index is 11.7. The summed E-state index contributed by atoms with van der Waals surface area (Å²) in [4.78, 5) is 13.8. The van der Waals surface area contributed by atoms with Crippen LogP contribution in [0.15, 0.2) is 0 Å². The summed E-state index contributed by atoms with van der Waals surface area (Å²) in [6, 6.07) is 0. The normalized spacial score (nSPS) is 20.8. The van der Waals surface area contributed by atoms with E-state index in [1.807, 2.05) is 0 Å². The number of carbonyl (C=O) groups is 1. The van der Waals surface area contributed by atoms with Crippen LogP contribution >= 0.6 is 0 Å². The van der Waals surface area contributed by atoms with Crippen LogP contribution in [0.1, 0.15) is 46.0 Å². The molecule has 0 bridgehead atoms. The molecule has 3 nitrogen and oxygen atoms in total. The Morgan fingerprint density at radius 3 is 2.81 bits per heavy atom. The van der Waals surface area contributed by atoms with Gasteiger partial charge < -0.3 is 10.2 Å². The van der Waals surface area contributed by atoms with Gasteiger partial charge in [-0.25, -0.2) is 0 Å². The zero-order chi connectivity index (χ0) is 11.8. The third-order valence-electron chi connectivity index (χ3n) is 3.26. The highest BCUT2D eigenvalue weighted by Gasteiger charge is 2.28. The van der Waals surface area contributed by atoms with E-state index < -0.39 is 0 Å². The number of hydrogen-bond donors (Lipinski definition) is 1. The maximum absolute atomic E-state index is 11.7. The van der Waals surface area contributed by atoms with Crippen LogP contribution in [0.5, 0.6) is 0 Å².